The Morgan fingerprint density at radius 2 is 1.67 bits per heavy atom. The molecule has 0 aliphatic carbocycles. The van der Waals surface area contributed by atoms with Crippen LogP contribution in [-0.4, -0.2) is 8.42 Å². The van der Waals surface area contributed by atoms with E-state index in [4.69, 9.17) is 31.8 Å². The highest BCUT2D eigenvalue weighted by molar-refractivity contribution is 7.87. The molecule has 0 amide bonds. The molecule has 2 aromatic carbocycles. The van der Waals surface area contributed by atoms with Gasteiger partial charge in [-0.15, -0.1) is 0 Å². The lowest BCUT2D eigenvalue weighted by atomic mass is 10.1. The Balaban J connectivity index is 2.05. The molecule has 0 saturated heterocycles. The number of rotatable bonds is 3. The summed E-state index contributed by atoms with van der Waals surface area (Å²) in [6, 6.07) is 6.59. The van der Waals surface area contributed by atoms with Gasteiger partial charge in [-0.3, -0.25) is 0 Å². The van der Waals surface area contributed by atoms with E-state index in [1.54, 1.807) is 0 Å². The molecule has 1 heterocycles. The predicted octanol–water partition coefficient (Wildman–Crippen LogP) is 4.89. The van der Waals surface area contributed by atoms with Crippen LogP contribution in [0, 0.1) is 0 Å². The van der Waals surface area contributed by atoms with Gasteiger partial charge in [0.15, 0.2) is 0 Å². The van der Waals surface area contributed by atoms with Gasteiger partial charge in [0.05, 0.1) is 15.6 Å². The molecule has 0 unspecified atom stereocenters. The van der Waals surface area contributed by atoms with Crippen LogP contribution in [0.1, 0.15) is 5.56 Å². The van der Waals surface area contributed by atoms with Gasteiger partial charge < -0.3 is 8.60 Å². The van der Waals surface area contributed by atoms with Crippen LogP contribution < -0.4 is 9.81 Å². The molecular formula is C16H7Cl2F3O5S. The second-order valence-electron chi connectivity index (χ2n) is 5.25. The lowest BCUT2D eigenvalue weighted by Gasteiger charge is -2.11. The monoisotopic (exact) mass is 438 g/mol. The number of fused-ring (bicyclic) bond motifs is 1. The minimum absolute atomic E-state index is 0.0272. The standard InChI is InChI=1S/C16H7Cl2F3O5S/c17-12-4-2-9(6-13(12)18)27(23,24)26-8-1-3-10-11(16(19,20)21)7-15(22)25-14(10)5-8/h1-7H. The van der Waals surface area contributed by atoms with E-state index in [-0.39, 0.29) is 20.7 Å². The van der Waals surface area contributed by atoms with E-state index in [1.165, 1.54) is 6.07 Å². The van der Waals surface area contributed by atoms with E-state index in [0.29, 0.717) is 6.07 Å². The smallest absolute Gasteiger partial charge is 0.417 e. The maximum absolute atomic E-state index is 13.0. The average molecular weight is 439 g/mol. The summed E-state index contributed by atoms with van der Waals surface area (Å²) < 4.78 is 73.3. The van der Waals surface area contributed by atoms with Crippen LogP contribution in [0.2, 0.25) is 10.0 Å². The Morgan fingerprint density at radius 1 is 0.963 bits per heavy atom. The van der Waals surface area contributed by atoms with Gasteiger partial charge in [-0.25, -0.2) is 4.79 Å². The molecule has 3 rings (SSSR count). The molecule has 3 aromatic rings. The zero-order valence-corrected chi connectivity index (χ0v) is 15.2. The lowest BCUT2D eigenvalue weighted by molar-refractivity contribution is -0.136. The molecule has 1 aromatic heterocycles. The third kappa shape index (κ3) is 4.05. The number of hydrogen-bond donors (Lipinski definition) is 0. The van der Waals surface area contributed by atoms with Crippen LogP contribution >= 0.6 is 23.2 Å². The van der Waals surface area contributed by atoms with Crippen molar-refractivity contribution in [3.63, 3.8) is 0 Å². The lowest BCUT2D eigenvalue weighted by Crippen LogP contribution is -2.12. The first kappa shape index (κ1) is 19.5. The largest absolute Gasteiger partial charge is 0.423 e. The molecule has 0 aliphatic rings. The minimum atomic E-state index is -4.79. The summed E-state index contributed by atoms with van der Waals surface area (Å²) in [7, 11) is -4.35. The van der Waals surface area contributed by atoms with Gasteiger partial charge in [-0.05, 0) is 30.3 Å². The molecule has 0 saturated carbocycles. The van der Waals surface area contributed by atoms with Crippen molar-refractivity contribution in [2.45, 2.75) is 11.1 Å². The zero-order chi connectivity index (χ0) is 20.0. The van der Waals surface area contributed by atoms with Crippen molar-refractivity contribution in [2.75, 3.05) is 0 Å². The summed E-state index contributed by atoms with van der Waals surface area (Å²) in [5, 5.41) is -0.315. The number of hydrogen-bond acceptors (Lipinski definition) is 5. The van der Waals surface area contributed by atoms with Crippen molar-refractivity contribution in [1.29, 1.82) is 0 Å². The summed E-state index contributed by atoms with van der Waals surface area (Å²) in [5.41, 5.74) is -2.91. The first-order valence-electron chi connectivity index (χ1n) is 7.02. The van der Waals surface area contributed by atoms with Gasteiger partial charge in [0.2, 0.25) is 0 Å². The Labute approximate surface area is 160 Å². The molecule has 0 radical (unpaired) electrons. The van der Waals surface area contributed by atoms with Crippen LogP contribution in [0.15, 0.2) is 56.6 Å². The fraction of sp³-hybridized carbons (Fsp3) is 0.0625. The third-order valence-electron chi connectivity index (χ3n) is 3.41. The fourth-order valence-corrected chi connectivity index (χ4v) is 3.55. The molecule has 0 atom stereocenters. The van der Waals surface area contributed by atoms with Gasteiger partial charge in [-0.1, -0.05) is 23.2 Å². The Hall–Kier alpha value is -2.23. The van der Waals surface area contributed by atoms with Crippen LogP contribution in [0.3, 0.4) is 0 Å². The number of halogens is 5. The highest BCUT2D eigenvalue weighted by atomic mass is 35.5. The summed E-state index contributed by atoms with van der Waals surface area (Å²) in [6.07, 6.45) is -4.79. The van der Waals surface area contributed by atoms with Crippen LogP contribution in [-0.2, 0) is 16.3 Å². The average Bonchev–Trinajstić information content (AvgIpc) is 2.55. The van der Waals surface area contributed by atoms with Crippen molar-refractivity contribution in [3.8, 4) is 5.75 Å². The van der Waals surface area contributed by atoms with E-state index in [9.17, 15) is 26.4 Å². The van der Waals surface area contributed by atoms with Gasteiger partial charge >= 0.3 is 21.9 Å². The van der Waals surface area contributed by atoms with Crippen molar-refractivity contribution in [2.24, 2.45) is 0 Å². The Morgan fingerprint density at radius 3 is 2.30 bits per heavy atom. The van der Waals surface area contributed by atoms with Crippen molar-refractivity contribution < 1.29 is 30.2 Å². The normalized spacial score (nSPS) is 12.3. The Bertz CT molecular complexity index is 1200. The molecule has 0 bridgehead atoms. The minimum Gasteiger partial charge on any atom is -0.423 e. The SMILES string of the molecule is O=c1cc(C(F)(F)F)c2ccc(OS(=O)(=O)c3ccc(Cl)c(Cl)c3)cc2o1. The van der Waals surface area contributed by atoms with Gasteiger partial charge in [-0.2, -0.15) is 21.6 Å². The fourth-order valence-electron chi connectivity index (χ4n) is 2.24. The van der Waals surface area contributed by atoms with Crippen LogP contribution in [0.4, 0.5) is 13.2 Å². The summed E-state index contributed by atoms with van der Waals surface area (Å²) >= 11 is 11.5. The van der Waals surface area contributed by atoms with Crippen molar-refractivity contribution in [1.82, 2.24) is 0 Å². The predicted molar refractivity (Wildman–Crippen MR) is 91.8 cm³/mol. The number of benzene rings is 2. The maximum Gasteiger partial charge on any atom is 0.417 e. The molecule has 0 aliphatic heterocycles. The Kier molecular flexibility index (Phi) is 4.87. The molecule has 27 heavy (non-hydrogen) atoms. The molecule has 142 valence electrons. The summed E-state index contributed by atoms with van der Waals surface area (Å²) in [6.45, 7) is 0. The van der Waals surface area contributed by atoms with Gasteiger partial charge in [0.1, 0.15) is 16.2 Å². The van der Waals surface area contributed by atoms with Crippen LogP contribution in [0.25, 0.3) is 11.0 Å². The zero-order valence-electron chi connectivity index (χ0n) is 12.9. The summed E-state index contributed by atoms with van der Waals surface area (Å²) in [4.78, 5) is 11.1. The van der Waals surface area contributed by atoms with E-state index in [0.717, 1.165) is 30.3 Å². The van der Waals surface area contributed by atoms with Crippen molar-refractivity contribution in [3.05, 3.63) is 68.5 Å². The maximum atomic E-state index is 13.0. The van der Waals surface area contributed by atoms with E-state index in [1.807, 2.05) is 0 Å². The van der Waals surface area contributed by atoms with Crippen LogP contribution in [0.5, 0.6) is 5.75 Å². The number of alkyl halides is 3. The first-order chi connectivity index (χ1) is 12.5. The second kappa shape index (κ2) is 6.74. The van der Waals surface area contributed by atoms with E-state index < -0.39 is 38.5 Å². The molecule has 0 N–H and O–H groups in total. The topological polar surface area (TPSA) is 73.6 Å². The van der Waals surface area contributed by atoms with Gasteiger partial charge in [0, 0.05) is 17.5 Å². The highest BCUT2D eigenvalue weighted by Gasteiger charge is 2.34. The first-order valence-corrected chi connectivity index (χ1v) is 9.18. The summed E-state index contributed by atoms with van der Waals surface area (Å²) in [5.74, 6) is -0.351. The molecule has 0 fully saturated rings. The second-order valence-corrected chi connectivity index (χ2v) is 7.61. The third-order valence-corrected chi connectivity index (χ3v) is 5.39. The molecule has 0 spiro atoms. The van der Waals surface area contributed by atoms with Crippen molar-refractivity contribution >= 4 is 44.3 Å². The molecule has 5 nitrogen and oxygen atoms in total. The highest BCUT2D eigenvalue weighted by Crippen LogP contribution is 2.35. The van der Waals surface area contributed by atoms with Gasteiger partial charge in [0.25, 0.3) is 0 Å². The van der Waals surface area contributed by atoms with E-state index in [2.05, 4.69) is 0 Å². The quantitative estimate of drug-likeness (QED) is 0.430. The molecular weight excluding hydrogens is 432 g/mol. The molecule has 11 heteroatoms. The van der Waals surface area contributed by atoms with E-state index >= 15 is 0 Å².